The first-order valence-corrected chi connectivity index (χ1v) is 11.2. The topological polar surface area (TPSA) is 84.1 Å². The first-order chi connectivity index (χ1) is 12.4. The Morgan fingerprint density at radius 1 is 1.35 bits per heavy atom. The van der Waals surface area contributed by atoms with Crippen LogP contribution in [0.3, 0.4) is 0 Å². The molecule has 3 rings (SSSR count). The molecular formula is C19H28N4OS2. The number of thiophene rings is 1. The summed E-state index contributed by atoms with van der Waals surface area (Å²) in [4.78, 5) is 26.8. The number of rotatable bonds is 7. The van der Waals surface area contributed by atoms with E-state index in [1.165, 1.54) is 35.0 Å². The molecule has 142 valence electrons. The maximum Gasteiger partial charge on any atom is 0.259 e. The number of aryl methyl sites for hydroxylation is 2. The van der Waals surface area contributed by atoms with E-state index in [1.807, 2.05) is 0 Å². The van der Waals surface area contributed by atoms with Crippen molar-refractivity contribution < 1.29 is 0 Å². The Morgan fingerprint density at radius 2 is 2.15 bits per heavy atom. The summed E-state index contributed by atoms with van der Waals surface area (Å²) < 4.78 is 0. The van der Waals surface area contributed by atoms with Crippen molar-refractivity contribution >= 4 is 38.5 Å². The molecule has 7 heteroatoms. The van der Waals surface area contributed by atoms with Crippen LogP contribution in [0.5, 0.6) is 0 Å². The maximum atomic E-state index is 12.5. The van der Waals surface area contributed by atoms with Crippen molar-refractivity contribution in [3.8, 4) is 0 Å². The van der Waals surface area contributed by atoms with Gasteiger partial charge in [0.15, 0.2) is 5.17 Å². The van der Waals surface area contributed by atoms with Gasteiger partial charge in [0, 0.05) is 10.9 Å². The summed E-state index contributed by atoms with van der Waals surface area (Å²) in [5.41, 5.74) is 7.26. The quantitative estimate of drug-likeness (QED) is 0.545. The van der Waals surface area contributed by atoms with Gasteiger partial charge in [0.2, 0.25) is 0 Å². The Labute approximate surface area is 162 Å². The van der Waals surface area contributed by atoms with Gasteiger partial charge in [0.1, 0.15) is 10.7 Å². The molecule has 1 aliphatic rings. The van der Waals surface area contributed by atoms with Crippen LogP contribution in [0, 0.1) is 5.92 Å². The number of hydrogen-bond acceptors (Lipinski definition) is 5. The van der Waals surface area contributed by atoms with E-state index in [-0.39, 0.29) is 11.6 Å². The van der Waals surface area contributed by atoms with Crippen molar-refractivity contribution in [3.63, 3.8) is 0 Å². The molecule has 0 amide bonds. The molecule has 5 nitrogen and oxygen atoms in total. The van der Waals surface area contributed by atoms with Gasteiger partial charge in [0.25, 0.3) is 5.56 Å². The van der Waals surface area contributed by atoms with Gasteiger partial charge in [-0.05, 0) is 44.1 Å². The van der Waals surface area contributed by atoms with Crippen LogP contribution >= 0.6 is 23.1 Å². The molecule has 2 aromatic heterocycles. The van der Waals surface area contributed by atoms with Gasteiger partial charge in [-0.25, -0.2) is 4.98 Å². The van der Waals surface area contributed by atoms with Crippen LogP contribution in [-0.2, 0) is 18.6 Å². The van der Waals surface area contributed by atoms with Gasteiger partial charge in [0.05, 0.1) is 11.1 Å². The number of nitrogens with one attached hydrogen (secondary N) is 1. The zero-order valence-electron chi connectivity index (χ0n) is 15.8. The molecule has 0 fully saturated rings. The lowest BCUT2D eigenvalue weighted by atomic mass is 10.0. The molecular weight excluding hydrogens is 364 g/mol. The van der Waals surface area contributed by atoms with E-state index in [0.717, 1.165) is 41.8 Å². The first-order valence-electron chi connectivity index (χ1n) is 9.43. The summed E-state index contributed by atoms with van der Waals surface area (Å²) in [6.45, 7) is 6.59. The predicted molar refractivity (Wildman–Crippen MR) is 113 cm³/mol. The number of H-pyrrole nitrogens is 1. The normalized spacial score (nSPS) is 15.8. The smallest absolute Gasteiger partial charge is 0.259 e. The lowest BCUT2D eigenvalue weighted by molar-refractivity contribution is 0.512. The summed E-state index contributed by atoms with van der Waals surface area (Å²) in [5.74, 6) is 1.95. The number of nitrogens with two attached hydrogens (primary N) is 1. The fourth-order valence-electron chi connectivity index (χ4n) is 3.40. The van der Waals surface area contributed by atoms with Gasteiger partial charge >= 0.3 is 0 Å². The minimum atomic E-state index is -0.0115. The summed E-state index contributed by atoms with van der Waals surface area (Å²) >= 11 is 3.11. The van der Waals surface area contributed by atoms with Crippen LogP contribution in [0.1, 0.15) is 62.7 Å². The van der Waals surface area contributed by atoms with E-state index >= 15 is 0 Å². The van der Waals surface area contributed by atoms with Gasteiger partial charge in [-0.3, -0.25) is 9.79 Å². The molecule has 26 heavy (non-hydrogen) atoms. The first kappa shape index (κ1) is 19.4. The highest BCUT2D eigenvalue weighted by molar-refractivity contribution is 8.13. The summed E-state index contributed by atoms with van der Waals surface area (Å²) in [6.07, 6.45) is 6.69. The van der Waals surface area contributed by atoms with Crippen LogP contribution in [0.4, 0.5) is 0 Å². The maximum absolute atomic E-state index is 12.5. The lowest BCUT2D eigenvalue weighted by Crippen LogP contribution is -2.14. The molecule has 1 aliphatic carbocycles. The van der Waals surface area contributed by atoms with Crippen molar-refractivity contribution in [2.24, 2.45) is 16.6 Å². The third-order valence-electron chi connectivity index (χ3n) is 4.73. The van der Waals surface area contributed by atoms with Crippen LogP contribution < -0.4 is 11.3 Å². The second-order valence-electron chi connectivity index (χ2n) is 7.48. The minimum absolute atomic E-state index is 0.0115. The van der Waals surface area contributed by atoms with Gasteiger partial charge in [-0.1, -0.05) is 38.5 Å². The van der Waals surface area contributed by atoms with Crippen molar-refractivity contribution in [1.82, 2.24) is 9.97 Å². The molecule has 2 heterocycles. The Morgan fingerprint density at radius 3 is 2.92 bits per heavy atom. The molecule has 2 aromatic rings. The van der Waals surface area contributed by atoms with E-state index < -0.39 is 0 Å². The van der Waals surface area contributed by atoms with Crippen molar-refractivity contribution in [2.45, 2.75) is 71.1 Å². The molecule has 0 saturated carbocycles. The highest BCUT2D eigenvalue weighted by Gasteiger charge is 2.21. The minimum Gasteiger partial charge on any atom is -0.379 e. The van der Waals surface area contributed by atoms with Gasteiger partial charge < -0.3 is 10.7 Å². The van der Waals surface area contributed by atoms with Crippen molar-refractivity contribution in [3.05, 3.63) is 26.6 Å². The largest absolute Gasteiger partial charge is 0.379 e. The number of nitrogens with zero attached hydrogens (tertiary/aromatic N) is 2. The Kier molecular flexibility index (Phi) is 6.40. The monoisotopic (exact) mass is 392 g/mol. The average molecular weight is 393 g/mol. The molecule has 0 spiro atoms. The van der Waals surface area contributed by atoms with Crippen molar-refractivity contribution in [2.75, 3.05) is 0 Å². The van der Waals surface area contributed by atoms with Crippen LogP contribution in [0.2, 0.25) is 0 Å². The zero-order chi connectivity index (χ0) is 18.7. The number of aromatic amines is 1. The Hall–Kier alpha value is -1.34. The average Bonchev–Trinajstić information content (AvgIpc) is 3.12. The standard InChI is InChI=1S/C19H28N4OS2/c1-11(2)6-4-7-12(3)21-19(20)25-10-15-22-17(24)16-13-8-5-9-14(13)26-18(16)23-15/h11-12H,4-10H2,1-3H3,(H2,20,21)(H,22,23,24)/t12-/m0/s1. The molecule has 0 saturated heterocycles. The second-order valence-corrected chi connectivity index (χ2v) is 9.56. The molecule has 0 radical (unpaired) electrons. The number of aromatic nitrogens is 2. The number of fused-ring (bicyclic) bond motifs is 3. The third kappa shape index (κ3) is 4.68. The van der Waals surface area contributed by atoms with E-state index in [4.69, 9.17) is 5.73 Å². The molecule has 0 aliphatic heterocycles. The SMILES string of the molecule is CC(C)CCC[C@H](C)N=C(N)SCc1nc2sc3c(c2c(=O)[nH]1)CCC3. The number of aliphatic imine (C=N–C) groups is 1. The highest BCUT2D eigenvalue weighted by Crippen LogP contribution is 2.34. The highest BCUT2D eigenvalue weighted by atomic mass is 32.2. The summed E-state index contributed by atoms with van der Waals surface area (Å²) in [7, 11) is 0. The molecule has 0 aromatic carbocycles. The second kappa shape index (κ2) is 8.57. The number of hydrogen-bond donors (Lipinski definition) is 2. The lowest BCUT2D eigenvalue weighted by Gasteiger charge is -2.09. The van der Waals surface area contributed by atoms with Crippen LogP contribution in [0.25, 0.3) is 10.2 Å². The van der Waals surface area contributed by atoms with E-state index in [0.29, 0.717) is 16.7 Å². The fraction of sp³-hybridized carbons (Fsp3) is 0.632. The molecule has 0 unspecified atom stereocenters. The Balaban J connectivity index is 1.61. The van der Waals surface area contributed by atoms with Crippen LogP contribution in [-0.4, -0.2) is 21.2 Å². The van der Waals surface area contributed by atoms with E-state index in [9.17, 15) is 4.79 Å². The fourth-order valence-corrected chi connectivity index (χ4v) is 5.35. The Bertz CT molecular complexity index is 853. The van der Waals surface area contributed by atoms with E-state index in [2.05, 4.69) is 35.7 Å². The van der Waals surface area contributed by atoms with Gasteiger partial charge in [-0.2, -0.15) is 0 Å². The van der Waals surface area contributed by atoms with Crippen LogP contribution in [0.15, 0.2) is 9.79 Å². The zero-order valence-corrected chi connectivity index (χ0v) is 17.4. The summed E-state index contributed by atoms with van der Waals surface area (Å²) in [5, 5.41) is 1.37. The summed E-state index contributed by atoms with van der Waals surface area (Å²) in [6, 6.07) is 0.232. The predicted octanol–water partition coefficient (Wildman–Crippen LogP) is 4.24. The molecule has 1 atom stereocenters. The van der Waals surface area contributed by atoms with Gasteiger partial charge in [-0.15, -0.1) is 11.3 Å². The molecule has 0 bridgehead atoms. The number of thioether (sulfide) groups is 1. The van der Waals surface area contributed by atoms with Crippen molar-refractivity contribution in [1.29, 1.82) is 0 Å². The third-order valence-corrected chi connectivity index (χ3v) is 6.74. The van der Waals surface area contributed by atoms with E-state index in [1.54, 1.807) is 11.3 Å². The number of amidine groups is 1. The molecule has 3 N–H and O–H groups in total.